The molecule has 0 amide bonds. The van der Waals surface area contributed by atoms with Gasteiger partial charge < -0.3 is 10.6 Å². The van der Waals surface area contributed by atoms with E-state index >= 15 is 0 Å². The lowest BCUT2D eigenvalue weighted by Crippen LogP contribution is -2.41. The largest absolute Gasteiger partial charge is 0.399 e. The van der Waals surface area contributed by atoms with E-state index in [1.807, 2.05) is 19.0 Å². The number of nitrogens with two attached hydrogens (primary N) is 1. The number of likely N-dealkylation sites (N-methyl/N-ethyl adjacent to an activating group) is 1. The van der Waals surface area contributed by atoms with Gasteiger partial charge in [0.2, 0.25) is 10.0 Å². The molecule has 1 fully saturated rings. The summed E-state index contributed by atoms with van der Waals surface area (Å²) in [4.78, 5) is 1.57. The number of anilines is 1. The number of sulfonamides is 1. The molecule has 1 aliphatic heterocycles. The van der Waals surface area contributed by atoms with Gasteiger partial charge in [-0.15, -0.1) is 0 Å². The average molecular weight is 380 g/mol. The van der Waals surface area contributed by atoms with Gasteiger partial charge in [0.1, 0.15) is 4.90 Å². The molecule has 0 radical (unpaired) electrons. The number of hydrogen-bond donors (Lipinski definition) is 1. The van der Waals surface area contributed by atoms with Crippen molar-refractivity contribution in [3.63, 3.8) is 0 Å². The summed E-state index contributed by atoms with van der Waals surface area (Å²) in [5.41, 5.74) is 5.86. The minimum Gasteiger partial charge on any atom is -0.399 e. The molecular formula is C13H19BrFN3O2S. The summed E-state index contributed by atoms with van der Waals surface area (Å²) in [6, 6.07) is 2.40. The highest BCUT2D eigenvalue weighted by Gasteiger charge is 2.37. The van der Waals surface area contributed by atoms with Crippen LogP contribution < -0.4 is 5.73 Å². The molecule has 0 aromatic heterocycles. The predicted octanol–water partition coefficient (Wildman–Crippen LogP) is 1.89. The average Bonchev–Trinajstić information content (AvgIpc) is 2.81. The lowest BCUT2D eigenvalue weighted by molar-refractivity contribution is 0.290. The Kier molecular flexibility index (Phi) is 4.92. The molecular weight excluding hydrogens is 361 g/mol. The van der Waals surface area contributed by atoms with Crippen LogP contribution in [0.3, 0.4) is 0 Å². The van der Waals surface area contributed by atoms with Crippen molar-refractivity contribution in [1.82, 2.24) is 9.21 Å². The van der Waals surface area contributed by atoms with Gasteiger partial charge in [0.05, 0.1) is 4.47 Å². The van der Waals surface area contributed by atoms with E-state index in [4.69, 9.17) is 5.73 Å². The summed E-state index contributed by atoms with van der Waals surface area (Å²) >= 11 is 3.01. The van der Waals surface area contributed by atoms with Crippen LogP contribution >= 0.6 is 15.9 Å². The van der Waals surface area contributed by atoms with Crippen LogP contribution in [0.2, 0.25) is 0 Å². The molecule has 0 saturated carbocycles. The Labute approximate surface area is 133 Å². The number of benzene rings is 1. The van der Waals surface area contributed by atoms with E-state index < -0.39 is 15.8 Å². The van der Waals surface area contributed by atoms with Crippen molar-refractivity contribution in [3.05, 3.63) is 22.4 Å². The summed E-state index contributed by atoms with van der Waals surface area (Å²) in [6.45, 7) is 1.02. The van der Waals surface area contributed by atoms with E-state index in [9.17, 15) is 12.8 Å². The van der Waals surface area contributed by atoms with Crippen LogP contribution in [-0.2, 0) is 10.0 Å². The second-order valence-electron chi connectivity index (χ2n) is 5.49. The standard InChI is InChI=1S/C13H19BrFN3O2S/c1-17(2)8-10-4-3-5-18(10)21(19,20)12-7-9(16)6-11(14)13(12)15/h6-7,10H,3-5,8,16H2,1-2H3. The fourth-order valence-electron chi connectivity index (χ4n) is 2.63. The van der Waals surface area contributed by atoms with Crippen LogP contribution in [-0.4, -0.2) is 50.8 Å². The minimum absolute atomic E-state index is 0.0597. The van der Waals surface area contributed by atoms with Gasteiger partial charge >= 0.3 is 0 Å². The van der Waals surface area contributed by atoms with Crippen molar-refractivity contribution in [3.8, 4) is 0 Å². The highest BCUT2D eigenvalue weighted by Crippen LogP contribution is 2.32. The van der Waals surface area contributed by atoms with Gasteiger partial charge in [0, 0.05) is 24.8 Å². The summed E-state index contributed by atoms with van der Waals surface area (Å²) in [5.74, 6) is -0.792. The van der Waals surface area contributed by atoms with Crippen LogP contribution in [0.5, 0.6) is 0 Å². The topological polar surface area (TPSA) is 66.6 Å². The summed E-state index contributed by atoms with van der Waals surface area (Å²) < 4.78 is 41.1. The molecule has 8 heteroatoms. The van der Waals surface area contributed by atoms with Crippen LogP contribution in [0, 0.1) is 5.82 Å². The van der Waals surface area contributed by atoms with Crippen molar-refractivity contribution >= 4 is 31.6 Å². The molecule has 5 nitrogen and oxygen atoms in total. The van der Waals surface area contributed by atoms with Gasteiger partial charge in [0.15, 0.2) is 5.82 Å². The molecule has 1 unspecified atom stereocenters. The normalized spacial score (nSPS) is 20.3. The monoisotopic (exact) mass is 379 g/mol. The van der Waals surface area contributed by atoms with E-state index in [0.29, 0.717) is 13.1 Å². The van der Waals surface area contributed by atoms with E-state index in [2.05, 4.69) is 15.9 Å². The molecule has 2 rings (SSSR count). The molecule has 2 N–H and O–H groups in total. The third kappa shape index (κ3) is 3.39. The first kappa shape index (κ1) is 16.7. The molecule has 0 bridgehead atoms. The maximum Gasteiger partial charge on any atom is 0.246 e. The highest BCUT2D eigenvalue weighted by atomic mass is 79.9. The molecule has 1 atom stereocenters. The Morgan fingerprint density at radius 3 is 2.76 bits per heavy atom. The molecule has 1 aliphatic rings. The first-order chi connectivity index (χ1) is 9.73. The van der Waals surface area contributed by atoms with Gasteiger partial charge in [0.25, 0.3) is 0 Å². The summed E-state index contributed by atoms with van der Waals surface area (Å²) in [5, 5.41) is 0. The van der Waals surface area contributed by atoms with E-state index in [1.165, 1.54) is 16.4 Å². The Morgan fingerprint density at radius 2 is 2.14 bits per heavy atom. The summed E-state index contributed by atoms with van der Waals surface area (Å²) in [6.07, 6.45) is 1.56. The molecule has 0 spiro atoms. The van der Waals surface area contributed by atoms with Crippen LogP contribution in [0.4, 0.5) is 10.1 Å². The molecule has 0 aliphatic carbocycles. The Morgan fingerprint density at radius 1 is 1.48 bits per heavy atom. The quantitative estimate of drug-likeness (QED) is 0.811. The van der Waals surface area contributed by atoms with Gasteiger partial charge in [-0.3, -0.25) is 0 Å². The van der Waals surface area contributed by atoms with Gasteiger partial charge in [-0.25, -0.2) is 12.8 Å². The SMILES string of the molecule is CN(C)CC1CCCN1S(=O)(=O)c1cc(N)cc(Br)c1F. The lowest BCUT2D eigenvalue weighted by Gasteiger charge is -2.26. The second-order valence-corrected chi connectivity index (χ2v) is 8.20. The van der Waals surface area contributed by atoms with Crippen molar-refractivity contribution in [2.75, 3.05) is 32.9 Å². The third-order valence-corrected chi connectivity index (χ3v) is 6.03. The highest BCUT2D eigenvalue weighted by molar-refractivity contribution is 9.10. The van der Waals surface area contributed by atoms with Crippen molar-refractivity contribution < 1.29 is 12.8 Å². The Bertz CT molecular complexity index is 637. The minimum atomic E-state index is -3.89. The third-order valence-electron chi connectivity index (χ3n) is 3.50. The summed E-state index contributed by atoms with van der Waals surface area (Å²) in [7, 11) is -0.108. The van der Waals surface area contributed by atoms with E-state index in [-0.39, 0.29) is 21.1 Å². The smallest absolute Gasteiger partial charge is 0.246 e. The number of halogens is 2. The molecule has 1 heterocycles. The second kappa shape index (κ2) is 6.20. The molecule has 118 valence electrons. The number of rotatable bonds is 4. The first-order valence-electron chi connectivity index (χ1n) is 6.64. The van der Waals surface area contributed by atoms with Crippen LogP contribution in [0.15, 0.2) is 21.5 Å². The number of nitrogen functional groups attached to an aromatic ring is 1. The molecule has 1 saturated heterocycles. The predicted molar refractivity (Wildman–Crippen MR) is 84.0 cm³/mol. The van der Waals surface area contributed by atoms with Crippen molar-refractivity contribution in [1.29, 1.82) is 0 Å². The fourth-order valence-corrected chi connectivity index (χ4v) is 5.04. The van der Waals surface area contributed by atoms with E-state index in [0.717, 1.165) is 12.8 Å². The molecule has 1 aromatic carbocycles. The Hall–Kier alpha value is -0.700. The lowest BCUT2D eigenvalue weighted by atomic mass is 10.2. The fraction of sp³-hybridized carbons (Fsp3) is 0.538. The van der Waals surface area contributed by atoms with Crippen molar-refractivity contribution in [2.24, 2.45) is 0 Å². The zero-order chi connectivity index (χ0) is 15.8. The van der Waals surface area contributed by atoms with E-state index in [1.54, 1.807) is 0 Å². The molecule has 1 aromatic rings. The molecule has 21 heavy (non-hydrogen) atoms. The van der Waals surface area contributed by atoms with Crippen LogP contribution in [0.1, 0.15) is 12.8 Å². The van der Waals surface area contributed by atoms with Gasteiger partial charge in [-0.1, -0.05) is 0 Å². The van der Waals surface area contributed by atoms with Crippen LogP contribution in [0.25, 0.3) is 0 Å². The number of hydrogen-bond acceptors (Lipinski definition) is 4. The first-order valence-corrected chi connectivity index (χ1v) is 8.88. The number of nitrogens with zero attached hydrogens (tertiary/aromatic N) is 2. The van der Waals surface area contributed by atoms with Gasteiger partial charge in [-0.2, -0.15) is 4.31 Å². The zero-order valence-corrected chi connectivity index (χ0v) is 14.4. The Balaban J connectivity index is 2.42. The van der Waals surface area contributed by atoms with Crippen molar-refractivity contribution in [2.45, 2.75) is 23.8 Å². The van der Waals surface area contributed by atoms with Gasteiger partial charge in [-0.05, 0) is 55.0 Å². The zero-order valence-electron chi connectivity index (χ0n) is 12.0. The maximum atomic E-state index is 14.2. The maximum absolute atomic E-state index is 14.2.